The van der Waals surface area contributed by atoms with E-state index in [0.29, 0.717) is 11.5 Å². The van der Waals surface area contributed by atoms with E-state index >= 15 is 0 Å². The fraction of sp³-hybridized carbons (Fsp3) is 0.529. The summed E-state index contributed by atoms with van der Waals surface area (Å²) in [6.45, 7) is 6.06. The molecule has 0 aliphatic heterocycles. The molecule has 1 amide bonds. The van der Waals surface area contributed by atoms with Crippen molar-refractivity contribution in [3.8, 4) is 0 Å². The van der Waals surface area contributed by atoms with Gasteiger partial charge >= 0.3 is 0 Å². The largest absolute Gasteiger partial charge is 0.353 e. The quantitative estimate of drug-likeness (QED) is 0.809. The number of aryl methyl sites for hydroxylation is 2. The minimum absolute atomic E-state index is 0.0124. The Morgan fingerprint density at radius 1 is 1.20 bits per heavy atom. The van der Waals surface area contributed by atoms with Gasteiger partial charge in [-0.3, -0.25) is 9.59 Å². The van der Waals surface area contributed by atoms with Crippen molar-refractivity contribution < 1.29 is 9.59 Å². The van der Waals surface area contributed by atoms with E-state index in [0.717, 1.165) is 5.56 Å². The summed E-state index contributed by atoms with van der Waals surface area (Å²) < 4.78 is 0. The lowest BCUT2D eigenvalue weighted by atomic mass is 10.0. The van der Waals surface area contributed by atoms with Crippen molar-refractivity contribution in [2.45, 2.75) is 52.5 Å². The first-order valence-electron chi connectivity index (χ1n) is 7.37. The number of hydrogen-bond acceptors (Lipinski definition) is 2. The van der Waals surface area contributed by atoms with Crippen molar-refractivity contribution in [3.05, 3.63) is 34.9 Å². The van der Waals surface area contributed by atoms with Gasteiger partial charge in [-0.25, -0.2) is 0 Å². The molecule has 20 heavy (non-hydrogen) atoms. The van der Waals surface area contributed by atoms with Gasteiger partial charge < -0.3 is 5.32 Å². The zero-order chi connectivity index (χ0) is 14.7. The van der Waals surface area contributed by atoms with Crippen LogP contribution in [0, 0.1) is 19.8 Å². The highest BCUT2D eigenvalue weighted by Gasteiger charge is 2.28. The minimum Gasteiger partial charge on any atom is -0.353 e. The maximum atomic E-state index is 12.1. The topological polar surface area (TPSA) is 46.2 Å². The van der Waals surface area contributed by atoms with Gasteiger partial charge in [-0.15, -0.1) is 0 Å². The van der Waals surface area contributed by atoms with Gasteiger partial charge in [-0.05, 0) is 56.7 Å². The average molecular weight is 273 g/mol. The Morgan fingerprint density at radius 3 is 2.50 bits per heavy atom. The second kappa shape index (κ2) is 6.21. The van der Waals surface area contributed by atoms with Crippen molar-refractivity contribution in [2.24, 2.45) is 5.92 Å². The Labute approximate surface area is 120 Å². The molecule has 108 valence electrons. The normalized spacial score (nSPS) is 15.8. The van der Waals surface area contributed by atoms with Crippen LogP contribution >= 0.6 is 0 Å². The molecule has 0 spiro atoms. The van der Waals surface area contributed by atoms with E-state index < -0.39 is 0 Å². The summed E-state index contributed by atoms with van der Waals surface area (Å²) in [5.74, 6) is 0.679. The lowest BCUT2D eigenvalue weighted by molar-refractivity contribution is -0.121. The van der Waals surface area contributed by atoms with Gasteiger partial charge in [0, 0.05) is 24.4 Å². The fourth-order valence-corrected chi connectivity index (χ4v) is 2.33. The number of amides is 1. The lowest BCUT2D eigenvalue weighted by Gasteiger charge is -2.12. The summed E-state index contributed by atoms with van der Waals surface area (Å²) in [5.41, 5.74) is 3.00. The molecule has 1 atom stereocenters. The second-order valence-electron chi connectivity index (χ2n) is 5.92. The lowest BCUT2D eigenvalue weighted by Crippen LogP contribution is -2.34. The molecule has 0 radical (unpaired) electrons. The Bertz CT molecular complexity index is 518. The van der Waals surface area contributed by atoms with Crippen LogP contribution in [0.5, 0.6) is 0 Å². The molecule has 3 nitrogen and oxygen atoms in total. The van der Waals surface area contributed by atoms with Crippen LogP contribution in [0.2, 0.25) is 0 Å². The number of carbonyl (C=O) groups is 2. The highest BCUT2D eigenvalue weighted by Crippen LogP contribution is 2.32. The Kier molecular flexibility index (Phi) is 4.58. The molecule has 1 aliphatic carbocycles. The van der Waals surface area contributed by atoms with Crippen molar-refractivity contribution in [1.29, 1.82) is 0 Å². The van der Waals surface area contributed by atoms with E-state index in [2.05, 4.69) is 5.32 Å². The molecule has 0 heterocycles. The Balaban J connectivity index is 1.81. The predicted molar refractivity (Wildman–Crippen MR) is 79.8 cm³/mol. The molecule has 0 saturated heterocycles. The fourth-order valence-electron chi connectivity index (χ4n) is 2.33. The van der Waals surface area contributed by atoms with E-state index in [1.807, 2.05) is 39.0 Å². The number of rotatable bonds is 6. The molecule has 2 rings (SSSR count). The summed E-state index contributed by atoms with van der Waals surface area (Å²) in [6.07, 6.45) is 2.99. The van der Waals surface area contributed by atoms with Gasteiger partial charge in [0.2, 0.25) is 5.91 Å². The molecule has 1 saturated carbocycles. The number of nitrogens with one attached hydrogen (secondary N) is 1. The summed E-state index contributed by atoms with van der Waals surface area (Å²) in [4.78, 5) is 23.8. The summed E-state index contributed by atoms with van der Waals surface area (Å²) in [7, 11) is 0. The number of benzene rings is 1. The van der Waals surface area contributed by atoms with E-state index in [9.17, 15) is 9.59 Å². The molecular weight excluding hydrogens is 250 g/mol. The first kappa shape index (κ1) is 14.8. The molecule has 1 aromatic carbocycles. The molecule has 1 unspecified atom stereocenters. The van der Waals surface area contributed by atoms with Crippen molar-refractivity contribution in [3.63, 3.8) is 0 Å². The van der Waals surface area contributed by atoms with Crippen LogP contribution in [0.15, 0.2) is 18.2 Å². The molecule has 1 aromatic rings. The van der Waals surface area contributed by atoms with Gasteiger partial charge in [0.1, 0.15) is 0 Å². The summed E-state index contributed by atoms with van der Waals surface area (Å²) >= 11 is 0. The van der Waals surface area contributed by atoms with Crippen LogP contribution in [0.25, 0.3) is 0 Å². The number of hydrogen-bond donors (Lipinski definition) is 1. The third-order valence-electron chi connectivity index (χ3n) is 4.13. The van der Waals surface area contributed by atoms with E-state index in [1.54, 1.807) is 0 Å². The molecule has 0 aromatic heterocycles. The zero-order valence-corrected chi connectivity index (χ0v) is 12.5. The van der Waals surface area contributed by atoms with Gasteiger partial charge in [0.05, 0.1) is 0 Å². The first-order chi connectivity index (χ1) is 9.47. The van der Waals surface area contributed by atoms with Crippen LogP contribution in [-0.4, -0.2) is 17.7 Å². The van der Waals surface area contributed by atoms with Crippen molar-refractivity contribution >= 4 is 11.7 Å². The molecule has 0 bridgehead atoms. The standard InChI is InChI=1S/C17H23NO2/c1-11-4-5-15(10-12(11)2)16(19)8-9-17(20)18-13(3)14-6-7-14/h4-5,10,13-14H,6-9H2,1-3H3,(H,18,20). The molecule has 1 aliphatic rings. The molecule has 3 heteroatoms. The summed E-state index contributed by atoms with van der Waals surface area (Å²) in [6, 6.07) is 5.95. The SMILES string of the molecule is Cc1ccc(C(=O)CCC(=O)NC(C)C2CC2)cc1C. The maximum Gasteiger partial charge on any atom is 0.220 e. The van der Waals surface area contributed by atoms with Gasteiger partial charge in [-0.1, -0.05) is 12.1 Å². The predicted octanol–water partition coefficient (Wildman–Crippen LogP) is 3.18. The van der Waals surface area contributed by atoms with Crippen LogP contribution in [0.4, 0.5) is 0 Å². The average Bonchev–Trinajstić information content (AvgIpc) is 3.23. The smallest absolute Gasteiger partial charge is 0.220 e. The third-order valence-corrected chi connectivity index (χ3v) is 4.13. The number of ketones is 1. The van der Waals surface area contributed by atoms with Gasteiger partial charge in [0.25, 0.3) is 0 Å². The number of Topliss-reactive ketones (excluding diaryl/α,β-unsaturated/α-hetero) is 1. The van der Waals surface area contributed by atoms with Crippen molar-refractivity contribution in [2.75, 3.05) is 0 Å². The number of carbonyl (C=O) groups excluding carboxylic acids is 2. The van der Waals surface area contributed by atoms with Gasteiger partial charge in [-0.2, -0.15) is 0 Å². The molecule has 1 fully saturated rings. The highest BCUT2D eigenvalue weighted by atomic mass is 16.2. The van der Waals surface area contributed by atoms with E-state index in [-0.39, 0.29) is 30.6 Å². The zero-order valence-electron chi connectivity index (χ0n) is 12.5. The van der Waals surface area contributed by atoms with Crippen LogP contribution < -0.4 is 5.32 Å². The van der Waals surface area contributed by atoms with E-state index in [4.69, 9.17) is 0 Å². The molecular formula is C17H23NO2. The third kappa shape index (κ3) is 3.92. The van der Waals surface area contributed by atoms with E-state index in [1.165, 1.54) is 18.4 Å². The van der Waals surface area contributed by atoms with Gasteiger partial charge in [0.15, 0.2) is 5.78 Å². The second-order valence-corrected chi connectivity index (χ2v) is 5.92. The van der Waals surface area contributed by atoms with Crippen LogP contribution in [0.3, 0.4) is 0 Å². The summed E-state index contributed by atoms with van der Waals surface area (Å²) in [5, 5.41) is 2.98. The van der Waals surface area contributed by atoms with Crippen molar-refractivity contribution in [1.82, 2.24) is 5.32 Å². The monoisotopic (exact) mass is 273 g/mol. The minimum atomic E-state index is -0.0124. The highest BCUT2D eigenvalue weighted by molar-refractivity contribution is 5.98. The van der Waals surface area contributed by atoms with Crippen LogP contribution in [0.1, 0.15) is 54.1 Å². The first-order valence-corrected chi connectivity index (χ1v) is 7.37. The maximum absolute atomic E-state index is 12.1. The van der Waals surface area contributed by atoms with Crippen LogP contribution in [-0.2, 0) is 4.79 Å². The Hall–Kier alpha value is -1.64. The molecule has 1 N–H and O–H groups in total. The Morgan fingerprint density at radius 2 is 1.90 bits per heavy atom.